The zero-order valence-electron chi connectivity index (χ0n) is 12.1. The molecule has 1 unspecified atom stereocenters. The van der Waals surface area contributed by atoms with Gasteiger partial charge in [-0.15, -0.1) is 0 Å². The molecule has 21 heavy (non-hydrogen) atoms. The minimum atomic E-state index is -3.63. The first-order valence-corrected chi connectivity index (χ1v) is 8.23. The van der Waals surface area contributed by atoms with Gasteiger partial charge in [-0.1, -0.05) is 19.1 Å². The number of aromatic nitrogens is 1. The summed E-state index contributed by atoms with van der Waals surface area (Å²) < 4.78 is 27.8. The van der Waals surface area contributed by atoms with Crippen molar-refractivity contribution in [2.75, 3.05) is 5.73 Å². The van der Waals surface area contributed by atoms with Crippen molar-refractivity contribution in [1.29, 1.82) is 0 Å². The van der Waals surface area contributed by atoms with Gasteiger partial charge in [-0.3, -0.25) is 4.98 Å². The maximum atomic E-state index is 12.6. The van der Waals surface area contributed by atoms with E-state index in [1.165, 1.54) is 6.07 Å². The number of hydrogen-bond donors (Lipinski definition) is 2. The van der Waals surface area contributed by atoms with Crippen LogP contribution < -0.4 is 10.5 Å². The van der Waals surface area contributed by atoms with Crippen molar-refractivity contribution >= 4 is 15.7 Å². The van der Waals surface area contributed by atoms with Gasteiger partial charge in [-0.25, -0.2) is 13.1 Å². The molecule has 0 spiro atoms. The van der Waals surface area contributed by atoms with Gasteiger partial charge in [0, 0.05) is 24.1 Å². The Hall–Kier alpha value is -1.92. The largest absolute Gasteiger partial charge is 0.399 e. The number of pyridine rings is 1. The van der Waals surface area contributed by atoms with Gasteiger partial charge < -0.3 is 5.73 Å². The number of aryl methyl sites for hydroxylation is 1. The first kappa shape index (κ1) is 15.5. The Morgan fingerprint density at radius 3 is 2.71 bits per heavy atom. The van der Waals surface area contributed by atoms with Crippen LogP contribution in [0.25, 0.3) is 0 Å². The number of sulfonamides is 1. The highest BCUT2D eigenvalue weighted by atomic mass is 32.2. The van der Waals surface area contributed by atoms with Crippen LogP contribution in [0, 0.1) is 0 Å². The summed E-state index contributed by atoms with van der Waals surface area (Å²) in [6, 6.07) is 8.20. The summed E-state index contributed by atoms with van der Waals surface area (Å²) in [5.74, 6) is 0. The standard InChI is InChI=1S/C15H19N3O2S/c1-3-12-6-7-14(16)9-15(12)21(19,20)18-11(2)13-5-4-8-17-10-13/h4-11,18H,3,16H2,1-2H3. The minimum absolute atomic E-state index is 0.237. The second-order valence-corrected chi connectivity index (χ2v) is 6.53. The predicted molar refractivity (Wildman–Crippen MR) is 83.2 cm³/mol. The van der Waals surface area contributed by atoms with Crippen LogP contribution in [0.15, 0.2) is 47.6 Å². The number of nitrogens with one attached hydrogen (secondary N) is 1. The van der Waals surface area contributed by atoms with E-state index in [0.717, 1.165) is 11.1 Å². The number of nitrogen functional groups attached to an aromatic ring is 1. The molecule has 5 nitrogen and oxygen atoms in total. The number of hydrogen-bond acceptors (Lipinski definition) is 4. The van der Waals surface area contributed by atoms with Crippen LogP contribution in [0.4, 0.5) is 5.69 Å². The van der Waals surface area contributed by atoms with Crippen molar-refractivity contribution in [3.8, 4) is 0 Å². The van der Waals surface area contributed by atoms with Crippen molar-refractivity contribution in [2.45, 2.75) is 31.2 Å². The number of nitrogens with zero attached hydrogens (tertiary/aromatic N) is 1. The molecule has 0 fully saturated rings. The number of anilines is 1. The summed E-state index contributed by atoms with van der Waals surface area (Å²) in [5.41, 5.74) is 7.70. The lowest BCUT2D eigenvalue weighted by molar-refractivity contribution is 0.565. The van der Waals surface area contributed by atoms with Crippen LogP contribution in [0.1, 0.15) is 31.0 Å². The van der Waals surface area contributed by atoms with Crippen molar-refractivity contribution in [2.24, 2.45) is 0 Å². The Morgan fingerprint density at radius 2 is 2.10 bits per heavy atom. The third kappa shape index (κ3) is 3.59. The summed E-state index contributed by atoms with van der Waals surface area (Å²) in [6.07, 6.45) is 3.92. The number of rotatable bonds is 5. The zero-order chi connectivity index (χ0) is 15.5. The fourth-order valence-electron chi connectivity index (χ4n) is 2.11. The molecule has 0 saturated heterocycles. The van der Waals surface area contributed by atoms with Gasteiger partial charge in [0.25, 0.3) is 0 Å². The molecule has 1 heterocycles. The van der Waals surface area contributed by atoms with E-state index in [0.29, 0.717) is 12.1 Å². The summed E-state index contributed by atoms with van der Waals surface area (Å²) in [7, 11) is -3.63. The molecule has 1 aromatic carbocycles. The molecule has 2 aromatic rings. The van der Waals surface area contributed by atoms with E-state index in [2.05, 4.69) is 9.71 Å². The summed E-state index contributed by atoms with van der Waals surface area (Å²) >= 11 is 0. The van der Waals surface area contributed by atoms with Gasteiger partial charge in [0.2, 0.25) is 10.0 Å². The third-order valence-corrected chi connectivity index (χ3v) is 4.90. The van der Waals surface area contributed by atoms with Crippen LogP contribution in [0.5, 0.6) is 0 Å². The molecule has 0 aliphatic rings. The summed E-state index contributed by atoms with van der Waals surface area (Å²) in [5, 5.41) is 0. The van der Waals surface area contributed by atoms with E-state index in [1.54, 1.807) is 37.5 Å². The van der Waals surface area contributed by atoms with E-state index < -0.39 is 10.0 Å². The first-order chi connectivity index (χ1) is 9.94. The highest BCUT2D eigenvalue weighted by Gasteiger charge is 2.21. The summed E-state index contributed by atoms with van der Waals surface area (Å²) in [4.78, 5) is 4.24. The number of nitrogens with two attached hydrogens (primary N) is 1. The maximum absolute atomic E-state index is 12.6. The molecule has 0 amide bonds. The van der Waals surface area contributed by atoms with Crippen LogP contribution in [0.3, 0.4) is 0 Å². The molecule has 3 N–H and O–H groups in total. The SMILES string of the molecule is CCc1ccc(N)cc1S(=O)(=O)NC(C)c1cccnc1. The third-order valence-electron chi connectivity index (χ3n) is 3.28. The molecule has 2 rings (SSSR count). The Balaban J connectivity index is 2.33. The highest BCUT2D eigenvalue weighted by Crippen LogP contribution is 2.22. The average molecular weight is 305 g/mol. The van der Waals surface area contributed by atoms with E-state index in [-0.39, 0.29) is 10.9 Å². The fourth-order valence-corrected chi connectivity index (χ4v) is 3.69. The normalized spacial score (nSPS) is 13.0. The van der Waals surface area contributed by atoms with Gasteiger partial charge in [0.05, 0.1) is 4.90 Å². The predicted octanol–water partition coefficient (Wildman–Crippen LogP) is 2.27. The quantitative estimate of drug-likeness (QED) is 0.830. The first-order valence-electron chi connectivity index (χ1n) is 6.74. The monoisotopic (exact) mass is 305 g/mol. The molecule has 0 radical (unpaired) electrons. The lowest BCUT2D eigenvalue weighted by Crippen LogP contribution is -2.27. The van der Waals surface area contributed by atoms with Gasteiger partial charge in [-0.05, 0) is 42.7 Å². The van der Waals surface area contributed by atoms with Crippen LogP contribution in [-0.2, 0) is 16.4 Å². The smallest absolute Gasteiger partial charge is 0.241 e. The van der Waals surface area contributed by atoms with E-state index in [1.807, 2.05) is 13.0 Å². The molecule has 112 valence electrons. The van der Waals surface area contributed by atoms with Crippen molar-refractivity contribution < 1.29 is 8.42 Å². The van der Waals surface area contributed by atoms with Gasteiger partial charge in [0.15, 0.2) is 0 Å². The second-order valence-electron chi connectivity index (χ2n) is 4.85. The lowest BCUT2D eigenvalue weighted by atomic mass is 10.1. The average Bonchev–Trinajstić information content (AvgIpc) is 2.47. The molecular weight excluding hydrogens is 286 g/mol. The van der Waals surface area contributed by atoms with Gasteiger partial charge in [0.1, 0.15) is 0 Å². The van der Waals surface area contributed by atoms with Crippen molar-refractivity contribution in [3.63, 3.8) is 0 Å². The Labute approximate surface area is 125 Å². The molecule has 1 aromatic heterocycles. The van der Waals surface area contributed by atoms with Crippen LogP contribution in [0.2, 0.25) is 0 Å². The maximum Gasteiger partial charge on any atom is 0.241 e. The lowest BCUT2D eigenvalue weighted by Gasteiger charge is -2.16. The Kier molecular flexibility index (Phi) is 4.59. The molecule has 0 saturated carbocycles. The molecule has 6 heteroatoms. The summed E-state index contributed by atoms with van der Waals surface area (Å²) in [6.45, 7) is 3.70. The molecule has 0 aliphatic heterocycles. The minimum Gasteiger partial charge on any atom is -0.399 e. The van der Waals surface area contributed by atoms with Gasteiger partial charge in [-0.2, -0.15) is 0 Å². The van der Waals surface area contributed by atoms with Crippen molar-refractivity contribution in [1.82, 2.24) is 9.71 Å². The molecule has 0 bridgehead atoms. The highest BCUT2D eigenvalue weighted by molar-refractivity contribution is 7.89. The van der Waals surface area contributed by atoms with E-state index >= 15 is 0 Å². The molecule has 0 aliphatic carbocycles. The number of benzene rings is 1. The van der Waals surface area contributed by atoms with E-state index in [9.17, 15) is 8.42 Å². The van der Waals surface area contributed by atoms with Crippen LogP contribution in [-0.4, -0.2) is 13.4 Å². The Bertz CT molecular complexity index is 715. The topological polar surface area (TPSA) is 85.1 Å². The van der Waals surface area contributed by atoms with E-state index in [4.69, 9.17) is 5.73 Å². The molecule has 1 atom stereocenters. The van der Waals surface area contributed by atoms with Crippen molar-refractivity contribution in [3.05, 3.63) is 53.9 Å². The molecular formula is C15H19N3O2S. The fraction of sp³-hybridized carbons (Fsp3) is 0.267. The second kappa shape index (κ2) is 6.24. The van der Waals surface area contributed by atoms with Gasteiger partial charge >= 0.3 is 0 Å². The Morgan fingerprint density at radius 1 is 1.33 bits per heavy atom. The zero-order valence-corrected chi connectivity index (χ0v) is 12.9. The van der Waals surface area contributed by atoms with Crippen LogP contribution >= 0.6 is 0 Å².